The van der Waals surface area contributed by atoms with E-state index in [9.17, 15) is 5.11 Å². The van der Waals surface area contributed by atoms with Gasteiger partial charge in [-0.25, -0.2) is 4.68 Å². The van der Waals surface area contributed by atoms with Crippen molar-refractivity contribution in [2.45, 2.75) is 13.3 Å². The van der Waals surface area contributed by atoms with Crippen molar-refractivity contribution in [1.29, 1.82) is 0 Å². The van der Waals surface area contributed by atoms with Gasteiger partial charge in [-0.3, -0.25) is 0 Å². The Balaban J connectivity index is 2.04. The first-order valence-electron chi connectivity index (χ1n) is 6.83. The van der Waals surface area contributed by atoms with Gasteiger partial charge in [0.25, 0.3) is 0 Å². The van der Waals surface area contributed by atoms with Crippen LogP contribution in [0.4, 0.5) is 0 Å². The standard InChI is InChI=1S/C17H14Cl2N2O/c1-11-13(10-14-15(18)8-5-9-16(14)19)17(22)21(20-11)12-6-3-2-4-7-12/h2-9,22H,10H2,1H3. The third-order valence-corrected chi connectivity index (χ3v) is 4.28. The summed E-state index contributed by atoms with van der Waals surface area (Å²) in [5.74, 6) is 0.111. The van der Waals surface area contributed by atoms with Gasteiger partial charge in [0, 0.05) is 22.0 Å². The molecule has 5 heteroatoms. The Hall–Kier alpha value is -1.97. The number of halogens is 2. The van der Waals surface area contributed by atoms with Crippen LogP contribution < -0.4 is 0 Å². The molecule has 3 aromatic rings. The highest BCUT2D eigenvalue weighted by Gasteiger charge is 2.18. The van der Waals surface area contributed by atoms with Gasteiger partial charge in [-0.15, -0.1) is 0 Å². The molecule has 1 N–H and O–H groups in total. The average Bonchev–Trinajstić information content (AvgIpc) is 2.79. The summed E-state index contributed by atoms with van der Waals surface area (Å²) < 4.78 is 1.52. The number of para-hydroxylation sites is 1. The third kappa shape index (κ3) is 2.70. The van der Waals surface area contributed by atoms with Crippen molar-refractivity contribution in [2.75, 3.05) is 0 Å². The van der Waals surface area contributed by atoms with Crippen molar-refractivity contribution >= 4 is 23.2 Å². The molecule has 0 spiro atoms. The van der Waals surface area contributed by atoms with Crippen LogP contribution in [-0.2, 0) is 6.42 Å². The predicted octanol–water partition coefficient (Wildman–Crippen LogP) is 4.78. The first-order valence-corrected chi connectivity index (χ1v) is 7.59. The molecule has 3 rings (SSSR count). The molecule has 0 saturated carbocycles. The molecule has 112 valence electrons. The van der Waals surface area contributed by atoms with Crippen LogP contribution in [-0.4, -0.2) is 14.9 Å². The summed E-state index contributed by atoms with van der Waals surface area (Å²) >= 11 is 12.4. The van der Waals surface area contributed by atoms with E-state index in [4.69, 9.17) is 23.2 Å². The molecular weight excluding hydrogens is 319 g/mol. The fraction of sp³-hybridized carbons (Fsp3) is 0.118. The summed E-state index contributed by atoms with van der Waals surface area (Å²) in [7, 11) is 0. The van der Waals surface area contributed by atoms with Crippen LogP contribution in [0.5, 0.6) is 5.88 Å². The van der Waals surface area contributed by atoms with Gasteiger partial charge in [0.2, 0.25) is 5.88 Å². The molecule has 0 saturated heterocycles. The molecule has 3 nitrogen and oxygen atoms in total. The number of nitrogens with zero attached hydrogens (tertiary/aromatic N) is 2. The van der Waals surface area contributed by atoms with Crippen LogP contribution in [0.3, 0.4) is 0 Å². The Kier molecular flexibility index (Phi) is 4.10. The van der Waals surface area contributed by atoms with E-state index < -0.39 is 0 Å². The molecule has 1 aromatic heterocycles. The topological polar surface area (TPSA) is 38.0 Å². The first kappa shape index (κ1) is 14.9. The number of aromatic nitrogens is 2. The number of hydrogen-bond donors (Lipinski definition) is 1. The zero-order chi connectivity index (χ0) is 15.7. The quantitative estimate of drug-likeness (QED) is 0.749. The average molecular weight is 333 g/mol. The first-order chi connectivity index (χ1) is 10.6. The highest BCUT2D eigenvalue weighted by molar-refractivity contribution is 6.36. The van der Waals surface area contributed by atoms with E-state index in [2.05, 4.69) is 5.10 Å². The predicted molar refractivity (Wildman–Crippen MR) is 89.2 cm³/mol. The van der Waals surface area contributed by atoms with Crippen molar-refractivity contribution in [3.8, 4) is 11.6 Å². The lowest BCUT2D eigenvalue weighted by molar-refractivity contribution is 0.429. The zero-order valence-electron chi connectivity index (χ0n) is 11.9. The van der Waals surface area contributed by atoms with Crippen molar-refractivity contribution in [3.63, 3.8) is 0 Å². The van der Waals surface area contributed by atoms with Gasteiger partial charge in [0.15, 0.2) is 0 Å². The maximum atomic E-state index is 10.5. The van der Waals surface area contributed by atoms with Gasteiger partial charge >= 0.3 is 0 Å². The molecule has 0 aliphatic rings. The van der Waals surface area contributed by atoms with Crippen molar-refractivity contribution < 1.29 is 5.11 Å². The molecule has 0 aliphatic carbocycles. The Morgan fingerprint density at radius 1 is 0.955 bits per heavy atom. The Bertz CT molecular complexity index is 793. The van der Waals surface area contributed by atoms with Gasteiger partial charge in [-0.2, -0.15) is 5.10 Å². The molecule has 0 atom stereocenters. The van der Waals surface area contributed by atoms with Crippen LogP contribution in [0, 0.1) is 6.92 Å². The van der Waals surface area contributed by atoms with E-state index in [0.29, 0.717) is 16.5 Å². The van der Waals surface area contributed by atoms with E-state index in [1.165, 1.54) is 4.68 Å². The van der Waals surface area contributed by atoms with Gasteiger partial charge in [0.1, 0.15) is 0 Å². The lowest BCUT2D eigenvalue weighted by atomic mass is 10.1. The van der Waals surface area contributed by atoms with Gasteiger partial charge < -0.3 is 5.11 Å². The largest absolute Gasteiger partial charge is 0.493 e. The zero-order valence-corrected chi connectivity index (χ0v) is 13.4. The molecule has 0 fully saturated rings. The Morgan fingerprint density at radius 3 is 2.23 bits per heavy atom. The van der Waals surface area contributed by atoms with Gasteiger partial charge in [0.05, 0.1) is 11.4 Å². The fourth-order valence-electron chi connectivity index (χ4n) is 2.38. The summed E-state index contributed by atoms with van der Waals surface area (Å²) in [5, 5.41) is 16.1. The smallest absolute Gasteiger partial charge is 0.218 e. The van der Waals surface area contributed by atoms with E-state index >= 15 is 0 Å². The van der Waals surface area contributed by atoms with Crippen LogP contribution >= 0.6 is 23.2 Å². The van der Waals surface area contributed by atoms with Gasteiger partial charge in [-0.05, 0) is 36.8 Å². The SMILES string of the molecule is Cc1nn(-c2ccccc2)c(O)c1Cc1c(Cl)cccc1Cl. The summed E-state index contributed by atoms with van der Waals surface area (Å²) in [4.78, 5) is 0. The minimum atomic E-state index is 0.111. The lowest BCUT2D eigenvalue weighted by Crippen LogP contribution is -1.95. The summed E-state index contributed by atoms with van der Waals surface area (Å²) in [6.07, 6.45) is 0.434. The Labute approximate surface area is 138 Å². The molecule has 0 radical (unpaired) electrons. The van der Waals surface area contributed by atoms with Crippen LogP contribution in [0.25, 0.3) is 5.69 Å². The molecule has 1 heterocycles. The maximum absolute atomic E-state index is 10.5. The van der Waals surface area contributed by atoms with Crippen LogP contribution in [0.2, 0.25) is 10.0 Å². The number of hydrogen-bond acceptors (Lipinski definition) is 2. The van der Waals surface area contributed by atoms with E-state index in [0.717, 1.165) is 22.5 Å². The van der Waals surface area contributed by atoms with Crippen molar-refractivity contribution in [1.82, 2.24) is 9.78 Å². The second-order valence-electron chi connectivity index (χ2n) is 5.01. The minimum absolute atomic E-state index is 0.111. The van der Waals surface area contributed by atoms with Crippen LogP contribution in [0.15, 0.2) is 48.5 Å². The molecule has 2 aromatic carbocycles. The summed E-state index contributed by atoms with van der Waals surface area (Å²) in [6.45, 7) is 1.86. The lowest BCUT2D eigenvalue weighted by Gasteiger charge is -2.07. The number of benzene rings is 2. The number of aromatic hydroxyl groups is 1. The third-order valence-electron chi connectivity index (χ3n) is 3.57. The van der Waals surface area contributed by atoms with E-state index in [1.54, 1.807) is 18.2 Å². The second-order valence-corrected chi connectivity index (χ2v) is 5.83. The molecular formula is C17H14Cl2N2O. The van der Waals surface area contributed by atoms with Crippen molar-refractivity contribution in [2.24, 2.45) is 0 Å². The number of rotatable bonds is 3. The fourth-order valence-corrected chi connectivity index (χ4v) is 2.91. The molecule has 0 bridgehead atoms. The highest BCUT2D eigenvalue weighted by atomic mass is 35.5. The van der Waals surface area contributed by atoms with E-state index in [-0.39, 0.29) is 5.88 Å². The highest BCUT2D eigenvalue weighted by Crippen LogP contribution is 2.32. The number of aryl methyl sites for hydroxylation is 1. The summed E-state index contributed by atoms with van der Waals surface area (Å²) in [5.41, 5.74) is 3.06. The van der Waals surface area contributed by atoms with Gasteiger partial charge in [-0.1, -0.05) is 47.5 Å². The molecule has 0 aliphatic heterocycles. The maximum Gasteiger partial charge on any atom is 0.218 e. The normalized spacial score (nSPS) is 10.9. The van der Waals surface area contributed by atoms with Crippen molar-refractivity contribution in [3.05, 3.63) is 75.4 Å². The molecule has 0 amide bonds. The monoisotopic (exact) mass is 332 g/mol. The molecule has 22 heavy (non-hydrogen) atoms. The Morgan fingerprint density at radius 2 is 1.59 bits per heavy atom. The van der Waals surface area contributed by atoms with E-state index in [1.807, 2.05) is 37.3 Å². The minimum Gasteiger partial charge on any atom is -0.493 e. The molecule has 0 unspecified atom stereocenters. The van der Waals surface area contributed by atoms with Crippen LogP contribution in [0.1, 0.15) is 16.8 Å². The second kappa shape index (κ2) is 6.03. The summed E-state index contributed by atoms with van der Waals surface area (Å²) in [6, 6.07) is 14.9.